The van der Waals surface area contributed by atoms with Gasteiger partial charge in [0.2, 0.25) is 5.91 Å². The number of carbonyl (C=O) groups is 3. The molecular formula is C12H15N3O4. The van der Waals surface area contributed by atoms with Crippen molar-refractivity contribution in [1.29, 1.82) is 0 Å². The van der Waals surface area contributed by atoms with Crippen molar-refractivity contribution in [2.24, 2.45) is 0 Å². The number of carbonyl (C=O) groups excluding carboxylic acids is 2. The molecule has 1 rings (SSSR count). The zero-order valence-corrected chi connectivity index (χ0v) is 10.4. The van der Waals surface area contributed by atoms with Gasteiger partial charge in [-0.15, -0.1) is 0 Å². The van der Waals surface area contributed by atoms with Gasteiger partial charge in [-0.2, -0.15) is 0 Å². The second kappa shape index (κ2) is 7.00. The van der Waals surface area contributed by atoms with Crippen LogP contribution >= 0.6 is 0 Å². The van der Waals surface area contributed by atoms with Crippen LogP contribution in [-0.4, -0.2) is 43.0 Å². The van der Waals surface area contributed by atoms with Crippen molar-refractivity contribution in [2.75, 3.05) is 25.5 Å². The highest BCUT2D eigenvalue weighted by atomic mass is 16.4. The van der Waals surface area contributed by atoms with Crippen LogP contribution in [0.5, 0.6) is 0 Å². The van der Waals surface area contributed by atoms with Crippen molar-refractivity contribution in [1.82, 2.24) is 10.6 Å². The average Bonchev–Trinajstić information content (AvgIpc) is 2.42. The van der Waals surface area contributed by atoms with Crippen molar-refractivity contribution in [3.8, 4) is 0 Å². The van der Waals surface area contributed by atoms with Crippen LogP contribution in [0.25, 0.3) is 0 Å². The molecule has 0 unspecified atom stereocenters. The van der Waals surface area contributed by atoms with E-state index in [2.05, 4.69) is 16.0 Å². The first-order valence-electron chi connectivity index (χ1n) is 5.57. The van der Waals surface area contributed by atoms with E-state index < -0.39 is 24.3 Å². The summed E-state index contributed by atoms with van der Waals surface area (Å²) in [6.07, 6.45) is 0. The van der Waals surface area contributed by atoms with Crippen molar-refractivity contribution < 1.29 is 19.5 Å². The number of nitrogens with one attached hydrogen (secondary N) is 3. The highest BCUT2D eigenvalue weighted by Crippen LogP contribution is 2.08. The van der Waals surface area contributed by atoms with Crippen molar-refractivity contribution >= 4 is 23.5 Å². The first-order valence-corrected chi connectivity index (χ1v) is 5.57. The van der Waals surface area contributed by atoms with Gasteiger partial charge in [0.25, 0.3) is 5.91 Å². The van der Waals surface area contributed by atoms with Gasteiger partial charge in [0.15, 0.2) is 0 Å². The molecule has 0 aliphatic carbocycles. The summed E-state index contributed by atoms with van der Waals surface area (Å²) >= 11 is 0. The molecule has 0 aliphatic heterocycles. The van der Waals surface area contributed by atoms with E-state index in [1.807, 2.05) is 0 Å². The molecule has 0 bridgehead atoms. The fourth-order valence-electron chi connectivity index (χ4n) is 1.29. The molecule has 0 fully saturated rings. The SMILES string of the molecule is CNc1ccc(C(=O)NCC(=O)NCC(=O)O)cc1. The Kier molecular flexibility index (Phi) is 5.34. The molecule has 0 radical (unpaired) electrons. The molecule has 4 N–H and O–H groups in total. The predicted octanol–water partition coefficient (Wildman–Crippen LogP) is -0.341. The maximum absolute atomic E-state index is 11.7. The van der Waals surface area contributed by atoms with Crippen LogP contribution in [0.1, 0.15) is 10.4 Å². The number of carboxylic acid groups (broad SMARTS) is 1. The average molecular weight is 265 g/mol. The minimum atomic E-state index is -1.14. The van der Waals surface area contributed by atoms with Crippen LogP contribution in [0.15, 0.2) is 24.3 Å². The number of amides is 2. The van der Waals surface area contributed by atoms with Crippen molar-refractivity contribution in [2.45, 2.75) is 0 Å². The number of benzene rings is 1. The van der Waals surface area contributed by atoms with Gasteiger partial charge in [-0.1, -0.05) is 0 Å². The number of rotatable bonds is 6. The molecule has 2 amide bonds. The summed E-state index contributed by atoms with van der Waals surface area (Å²) in [6.45, 7) is -0.731. The van der Waals surface area contributed by atoms with E-state index in [1.165, 1.54) is 0 Å². The third kappa shape index (κ3) is 5.07. The van der Waals surface area contributed by atoms with Gasteiger partial charge in [0.05, 0.1) is 6.54 Å². The molecule has 0 aromatic heterocycles. The minimum absolute atomic E-state index is 0.264. The standard InChI is InChI=1S/C12H15N3O4/c1-13-9-4-2-8(3-5-9)12(19)15-6-10(16)14-7-11(17)18/h2-5,13H,6-7H2,1H3,(H,14,16)(H,15,19)(H,17,18). The molecule has 7 heteroatoms. The molecule has 0 heterocycles. The fraction of sp³-hybridized carbons (Fsp3) is 0.250. The quantitative estimate of drug-likeness (QED) is 0.563. The first kappa shape index (κ1) is 14.5. The van der Waals surface area contributed by atoms with Gasteiger partial charge in [-0.25, -0.2) is 0 Å². The van der Waals surface area contributed by atoms with Crippen LogP contribution in [0.2, 0.25) is 0 Å². The predicted molar refractivity (Wildman–Crippen MR) is 69.0 cm³/mol. The van der Waals surface area contributed by atoms with Crippen LogP contribution in [0, 0.1) is 0 Å². The van der Waals surface area contributed by atoms with Crippen LogP contribution in [0.3, 0.4) is 0 Å². The Bertz CT molecular complexity index is 470. The fourth-order valence-corrected chi connectivity index (χ4v) is 1.29. The topological polar surface area (TPSA) is 108 Å². The van der Waals surface area contributed by atoms with E-state index in [4.69, 9.17) is 5.11 Å². The Labute approximate surface area is 110 Å². The Morgan fingerprint density at radius 3 is 2.21 bits per heavy atom. The number of anilines is 1. The maximum Gasteiger partial charge on any atom is 0.322 e. The molecule has 0 atom stereocenters. The van der Waals surface area contributed by atoms with E-state index in [0.717, 1.165) is 5.69 Å². The van der Waals surface area contributed by atoms with Gasteiger partial charge in [0.1, 0.15) is 6.54 Å². The summed E-state index contributed by atoms with van der Waals surface area (Å²) in [4.78, 5) is 33.1. The van der Waals surface area contributed by atoms with Crippen LogP contribution in [-0.2, 0) is 9.59 Å². The lowest BCUT2D eigenvalue weighted by molar-refractivity contribution is -0.137. The van der Waals surface area contributed by atoms with Crippen molar-refractivity contribution in [3.05, 3.63) is 29.8 Å². The van der Waals surface area contributed by atoms with E-state index in [0.29, 0.717) is 5.56 Å². The zero-order chi connectivity index (χ0) is 14.3. The summed E-state index contributed by atoms with van der Waals surface area (Å²) in [5, 5.41) is 15.8. The number of hydrogen-bond donors (Lipinski definition) is 4. The number of carboxylic acids is 1. The van der Waals surface area contributed by atoms with Gasteiger partial charge >= 0.3 is 5.97 Å². The second-order valence-corrected chi connectivity index (χ2v) is 3.68. The highest BCUT2D eigenvalue weighted by Gasteiger charge is 2.08. The summed E-state index contributed by atoms with van der Waals surface area (Å²) in [5.74, 6) is -2.09. The second-order valence-electron chi connectivity index (χ2n) is 3.68. The largest absolute Gasteiger partial charge is 0.480 e. The van der Waals surface area contributed by atoms with E-state index in [1.54, 1.807) is 31.3 Å². The first-order chi connectivity index (χ1) is 9.02. The summed E-state index contributed by atoms with van der Waals surface area (Å²) in [7, 11) is 1.77. The molecule has 0 saturated carbocycles. The van der Waals surface area contributed by atoms with E-state index >= 15 is 0 Å². The normalized spacial score (nSPS) is 9.53. The zero-order valence-electron chi connectivity index (χ0n) is 10.4. The van der Waals surface area contributed by atoms with Crippen molar-refractivity contribution in [3.63, 3.8) is 0 Å². The third-order valence-electron chi connectivity index (χ3n) is 2.28. The molecule has 1 aromatic rings. The summed E-state index contributed by atoms with van der Waals surface area (Å²) in [5.41, 5.74) is 1.29. The molecule has 7 nitrogen and oxygen atoms in total. The smallest absolute Gasteiger partial charge is 0.322 e. The highest BCUT2D eigenvalue weighted by molar-refractivity contribution is 5.96. The van der Waals surface area contributed by atoms with Gasteiger partial charge in [0, 0.05) is 18.3 Å². The Balaban J connectivity index is 2.42. The lowest BCUT2D eigenvalue weighted by Gasteiger charge is -2.06. The van der Waals surface area contributed by atoms with Crippen LogP contribution in [0.4, 0.5) is 5.69 Å². The van der Waals surface area contributed by atoms with Gasteiger partial charge in [-0.05, 0) is 24.3 Å². The van der Waals surface area contributed by atoms with E-state index in [9.17, 15) is 14.4 Å². The Hall–Kier alpha value is -2.57. The maximum atomic E-state index is 11.7. The summed E-state index contributed by atoms with van der Waals surface area (Å²) < 4.78 is 0. The molecule has 0 saturated heterocycles. The number of hydrogen-bond acceptors (Lipinski definition) is 4. The molecule has 1 aromatic carbocycles. The van der Waals surface area contributed by atoms with Gasteiger partial charge in [-0.3, -0.25) is 14.4 Å². The molecular weight excluding hydrogens is 250 g/mol. The third-order valence-corrected chi connectivity index (χ3v) is 2.28. The van der Waals surface area contributed by atoms with Crippen LogP contribution < -0.4 is 16.0 Å². The molecule has 0 spiro atoms. The monoisotopic (exact) mass is 265 g/mol. The van der Waals surface area contributed by atoms with E-state index in [-0.39, 0.29) is 6.54 Å². The Morgan fingerprint density at radius 2 is 1.68 bits per heavy atom. The lowest BCUT2D eigenvalue weighted by atomic mass is 10.2. The number of aliphatic carboxylic acids is 1. The Morgan fingerprint density at radius 1 is 1.05 bits per heavy atom. The molecule has 19 heavy (non-hydrogen) atoms. The molecule has 0 aliphatic rings. The summed E-state index contributed by atoms with van der Waals surface area (Å²) in [6, 6.07) is 6.71. The lowest BCUT2D eigenvalue weighted by Crippen LogP contribution is -2.39. The minimum Gasteiger partial charge on any atom is -0.480 e. The van der Waals surface area contributed by atoms with Gasteiger partial charge < -0.3 is 21.1 Å². The molecule has 102 valence electrons.